The van der Waals surface area contributed by atoms with E-state index < -0.39 is 0 Å². The van der Waals surface area contributed by atoms with Crippen LogP contribution in [0.15, 0.2) is 40.9 Å². The summed E-state index contributed by atoms with van der Waals surface area (Å²) >= 11 is 3.22. The quantitative estimate of drug-likeness (QED) is 0.876. The van der Waals surface area contributed by atoms with Crippen molar-refractivity contribution in [2.45, 2.75) is 19.6 Å². The van der Waals surface area contributed by atoms with Crippen molar-refractivity contribution >= 4 is 15.9 Å². The van der Waals surface area contributed by atoms with E-state index in [0.717, 1.165) is 5.56 Å². The molecule has 2 aromatic carbocycles. The second-order valence-corrected chi connectivity index (χ2v) is 5.64. The van der Waals surface area contributed by atoms with E-state index in [1.54, 1.807) is 25.3 Å². The summed E-state index contributed by atoms with van der Waals surface area (Å²) in [4.78, 5) is 0. The van der Waals surface area contributed by atoms with Gasteiger partial charge in [-0.1, -0.05) is 28.1 Å². The lowest BCUT2D eigenvalue weighted by molar-refractivity contribution is 0.279. The third-order valence-electron chi connectivity index (χ3n) is 3.11. The highest BCUT2D eigenvalue weighted by molar-refractivity contribution is 9.10. The SMILES string of the molecule is COc1cc([C@H](C)N)ccc1OCc1ccc(Br)cc1F. The van der Waals surface area contributed by atoms with Crippen LogP contribution in [0.5, 0.6) is 11.5 Å². The molecule has 2 N–H and O–H groups in total. The average molecular weight is 354 g/mol. The Bertz CT molecular complexity index is 632. The molecular formula is C16H17BrFNO2. The van der Waals surface area contributed by atoms with Crippen LogP contribution in [0.1, 0.15) is 24.1 Å². The van der Waals surface area contributed by atoms with Crippen LogP contribution >= 0.6 is 15.9 Å². The van der Waals surface area contributed by atoms with Crippen LogP contribution in [0.25, 0.3) is 0 Å². The Hall–Kier alpha value is -1.59. The van der Waals surface area contributed by atoms with E-state index in [4.69, 9.17) is 15.2 Å². The summed E-state index contributed by atoms with van der Waals surface area (Å²) in [5.74, 6) is 0.835. The maximum Gasteiger partial charge on any atom is 0.161 e. The van der Waals surface area contributed by atoms with Crippen molar-refractivity contribution in [2.75, 3.05) is 7.11 Å². The van der Waals surface area contributed by atoms with Crippen LogP contribution in [0, 0.1) is 5.82 Å². The van der Waals surface area contributed by atoms with Crippen LogP contribution in [0.3, 0.4) is 0 Å². The summed E-state index contributed by atoms with van der Waals surface area (Å²) < 4.78 is 25.4. The van der Waals surface area contributed by atoms with Gasteiger partial charge in [-0.2, -0.15) is 0 Å². The number of rotatable bonds is 5. The van der Waals surface area contributed by atoms with Gasteiger partial charge in [0.2, 0.25) is 0 Å². The Balaban J connectivity index is 2.16. The number of benzene rings is 2. The number of ether oxygens (including phenoxy) is 2. The van der Waals surface area contributed by atoms with Crippen LogP contribution in [-0.4, -0.2) is 7.11 Å². The molecule has 21 heavy (non-hydrogen) atoms. The summed E-state index contributed by atoms with van der Waals surface area (Å²) in [5, 5.41) is 0. The molecule has 0 aliphatic carbocycles. The predicted octanol–water partition coefficient (Wildman–Crippen LogP) is 4.20. The maximum atomic E-state index is 13.7. The highest BCUT2D eigenvalue weighted by Crippen LogP contribution is 2.30. The molecule has 3 nitrogen and oxygen atoms in total. The second-order valence-electron chi connectivity index (χ2n) is 4.72. The van der Waals surface area contributed by atoms with E-state index >= 15 is 0 Å². The summed E-state index contributed by atoms with van der Waals surface area (Å²) in [5.41, 5.74) is 7.27. The fraction of sp³-hybridized carbons (Fsp3) is 0.250. The standard InChI is InChI=1S/C16H17BrFNO2/c1-10(19)11-4-6-15(16(7-11)20-2)21-9-12-3-5-13(17)8-14(12)18/h3-8,10H,9,19H2,1-2H3/t10-/m0/s1. The molecule has 0 saturated heterocycles. The lowest BCUT2D eigenvalue weighted by Crippen LogP contribution is -2.06. The molecule has 0 radical (unpaired) electrons. The largest absolute Gasteiger partial charge is 0.493 e. The van der Waals surface area contributed by atoms with Gasteiger partial charge in [-0.05, 0) is 36.8 Å². The Morgan fingerprint density at radius 1 is 1.19 bits per heavy atom. The van der Waals surface area contributed by atoms with Crippen molar-refractivity contribution in [2.24, 2.45) is 5.73 Å². The monoisotopic (exact) mass is 353 g/mol. The lowest BCUT2D eigenvalue weighted by Gasteiger charge is -2.14. The van der Waals surface area contributed by atoms with E-state index in [1.165, 1.54) is 6.07 Å². The molecule has 0 bridgehead atoms. The molecule has 0 aliphatic heterocycles. The molecule has 0 spiro atoms. The first-order chi connectivity index (χ1) is 10.0. The van der Waals surface area contributed by atoms with E-state index in [2.05, 4.69) is 15.9 Å². The van der Waals surface area contributed by atoms with Crippen LogP contribution < -0.4 is 15.2 Å². The zero-order chi connectivity index (χ0) is 15.4. The second kappa shape index (κ2) is 6.91. The molecule has 0 fully saturated rings. The molecular weight excluding hydrogens is 337 g/mol. The van der Waals surface area contributed by atoms with Gasteiger partial charge in [-0.3, -0.25) is 0 Å². The van der Waals surface area contributed by atoms with Crippen molar-refractivity contribution in [3.05, 3.63) is 57.8 Å². The predicted molar refractivity (Wildman–Crippen MR) is 84.0 cm³/mol. The Morgan fingerprint density at radius 2 is 1.95 bits per heavy atom. The molecule has 0 aromatic heterocycles. The fourth-order valence-electron chi connectivity index (χ4n) is 1.88. The van der Waals surface area contributed by atoms with Crippen LogP contribution in [0.2, 0.25) is 0 Å². The molecule has 112 valence electrons. The number of methoxy groups -OCH3 is 1. The minimum absolute atomic E-state index is 0.0862. The van der Waals surface area contributed by atoms with Crippen LogP contribution in [0.4, 0.5) is 4.39 Å². The maximum absolute atomic E-state index is 13.7. The minimum Gasteiger partial charge on any atom is -0.493 e. The molecule has 2 rings (SSSR count). The van der Waals surface area contributed by atoms with Crippen molar-refractivity contribution in [3.8, 4) is 11.5 Å². The summed E-state index contributed by atoms with van der Waals surface area (Å²) in [6.07, 6.45) is 0. The third-order valence-corrected chi connectivity index (χ3v) is 3.61. The number of hydrogen-bond acceptors (Lipinski definition) is 3. The Labute approximate surface area is 132 Å². The number of hydrogen-bond donors (Lipinski definition) is 1. The minimum atomic E-state index is -0.310. The topological polar surface area (TPSA) is 44.5 Å². The number of halogens is 2. The van der Waals surface area contributed by atoms with Gasteiger partial charge in [0.15, 0.2) is 11.5 Å². The van der Waals surface area contributed by atoms with Gasteiger partial charge in [0.25, 0.3) is 0 Å². The summed E-state index contributed by atoms with van der Waals surface area (Å²) in [7, 11) is 1.56. The third kappa shape index (κ3) is 3.95. The first-order valence-corrected chi connectivity index (χ1v) is 7.31. The number of nitrogens with two attached hydrogens (primary N) is 1. The van der Waals surface area contributed by atoms with Crippen LogP contribution in [-0.2, 0) is 6.61 Å². The first kappa shape index (κ1) is 15.8. The molecule has 0 amide bonds. The van der Waals surface area contributed by atoms with Gasteiger partial charge in [0.1, 0.15) is 12.4 Å². The van der Waals surface area contributed by atoms with Crippen molar-refractivity contribution < 1.29 is 13.9 Å². The van der Waals surface area contributed by atoms with Gasteiger partial charge in [-0.25, -0.2) is 4.39 Å². The molecule has 0 saturated carbocycles. The lowest BCUT2D eigenvalue weighted by atomic mass is 10.1. The molecule has 1 atom stereocenters. The van der Waals surface area contributed by atoms with E-state index in [9.17, 15) is 4.39 Å². The van der Waals surface area contributed by atoms with Gasteiger partial charge in [0.05, 0.1) is 7.11 Å². The van der Waals surface area contributed by atoms with Crippen molar-refractivity contribution in [1.29, 1.82) is 0 Å². The van der Waals surface area contributed by atoms with E-state index in [1.807, 2.05) is 19.1 Å². The highest BCUT2D eigenvalue weighted by Gasteiger charge is 2.10. The van der Waals surface area contributed by atoms with Gasteiger partial charge >= 0.3 is 0 Å². The Kier molecular flexibility index (Phi) is 5.20. The molecule has 0 unspecified atom stereocenters. The van der Waals surface area contributed by atoms with Crippen molar-refractivity contribution in [1.82, 2.24) is 0 Å². The smallest absolute Gasteiger partial charge is 0.161 e. The highest BCUT2D eigenvalue weighted by atomic mass is 79.9. The molecule has 0 heterocycles. The van der Waals surface area contributed by atoms with Gasteiger partial charge in [0, 0.05) is 16.1 Å². The molecule has 5 heteroatoms. The normalized spacial score (nSPS) is 12.0. The van der Waals surface area contributed by atoms with Crippen molar-refractivity contribution in [3.63, 3.8) is 0 Å². The van der Waals surface area contributed by atoms with Gasteiger partial charge in [-0.15, -0.1) is 0 Å². The Morgan fingerprint density at radius 3 is 2.57 bits per heavy atom. The summed E-state index contributed by atoms with van der Waals surface area (Å²) in [6, 6.07) is 10.3. The zero-order valence-electron chi connectivity index (χ0n) is 11.9. The zero-order valence-corrected chi connectivity index (χ0v) is 13.5. The van der Waals surface area contributed by atoms with E-state index in [0.29, 0.717) is 21.5 Å². The average Bonchev–Trinajstić information content (AvgIpc) is 2.46. The fourth-order valence-corrected chi connectivity index (χ4v) is 2.21. The van der Waals surface area contributed by atoms with Gasteiger partial charge < -0.3 is 15.2 Å². The first-order valence-electron chi connectivity index (χ1n) is 6.51. The molecule has 0 aliphatic rings. The van der Waals surface area contributed by atoms with E-state index in [-0.39, 0.29) is 18.5 Å². The molecule has 2 aromatic rings. The summed E-state index contributed by atoms with van der Waals surface area (Å²) in [6.45, 7) is 2.03.